The summed E-state index contributed by atoms with van der Waals surface area (Å²) in [5.41, 5.74) is 1.60. The molecular formula is C17H19BrN2. The number of allylic oxidation sites excluding steroid dienone is 1. The van der Waals surface area contributed by atoms with Crippen molar-refractivity contribution in [3.05, 3.63) is 46.6 Å². The van der Waals surface area contributed by atoms with Gasteiger partial charge >= 0.3 is 0 Å². The smallest absolute Gasteiger partial charge is 0.133 e. The number of pyridine rings is 1. The zero-order valence-corrected chi connectivity index (χ0v) is 13.1. The molecule has 1 aliphatic carbocycles. The van der Waals surface area contributed by atoms with Crippen LogP contribution in [0.15, 0.2) is 46.6 Å². The third-order valence-electron chi connectivity index (χ3n) is 3.88. The maximum absolute atomic E-state index is 4.48. The molecule has 1 N–H and O–H groups in total. The van der Waals surface area contributed by atoms with E-state index in [-0.39, 0.29) is 0 Å². The van der Waals surface area contributed by atoms with Gasteiger partial charge in [-0.05, 0) is 44.2 Å². The van der Waals surface area contributed by atoms with Gasteiger partial charge in [-0.1, -0.05) is 39.7 Å². The molecule has 3 heteroatoms. The van der Waals surface area contributed by atoms with Gasteiger partial charge in [0.2, 0.25) is 0 Å². The summed E-state index contributed by atoms with van der Waals surface area (Å²) in [6, 6.07) is 8.30. The normalized spacial score (nSPS) is 15.2. The van der Waals surface area contributed by atoms with E-state index in [9.17, 15) is 0 Å². The Morgan fingerprint density at radius 2 is 2.10 bits per heavy atom. The van der Waals surface area contributed by atoms with Gasteiger partial charge in [0.1, 0.15) is 5.82 Å². The molecule has 0 radical (unpaired) electrons. The van der Waals surface area contributed by atoms with Crippen LogP contribution in [0.2, 0.25) is 0 Å². The molecule has 0 bridgehead atoms. The van der Waals surface area contributed by atoms with Crippen LogP contribution in [0.4, 0.5) is 5.82 Å². The highest BCUT2D eigenvalue weighted by atomic mass is 79.9. The van der Waals surface area contributed by atoms with Crippen molar-refractivity contribution in [1.82, 2.24) is 4.98 Å². The van der Waals surface area contributed by atoms with E-state index in [4.69, 9.17) is 0 Å². The molecule has 2 nitrogen and oxygen atoms in total. The molecule has 0 amide bonds. The molecule has 0 aliphatic heterocycles. The van der Waals surface area contributed by atoms with Gasteiger partial charge in [0.25, 0.3) is 0 Å². The van der Waals surface area contributed by atoms with Crippen molar-refractivity contribution < 1.29 is 0 Å². The largest absolute Gasteiger partial charge is 0.369 e. The SMILES string of the molecule is Brc1cccc2c(NCCC3=CCCCC3)nccc12. The van der Waals surface area contributed by atoms with Gasteiger partial charge in [-0.25, -0.2) is 4.98 Å². The summed E-state index contributed by atoms with van der Waals surface area (Å²) in [7, 11) is 0. The molecule has 3 rings (SSSR count). The molecule has 2 aromatic rings. The van der Waals surface area contributed by atoms with Crippen molar-refractivity contribution in [2.45, 2.75) is 32.1 Å². The maximum atomic E-state index is 4.48. The zero-order valence-electron chi connectivity index (χ0n) is 11.5. The summed E-state index contributed by atoms with van der Waals surface area (Å²) >= 11 is 3.60. The molecule has 0 fully saturated rings. The van der Waals surface area contributed by atoms with Crippen molar-refractivity contribution in [3.8, 4) is 0 Å². The second kappa shape index (κ2) is 6.40. The number of anilines is 1. The van der Waals surface area contributed by atoms with Gasteiger partial charge in [0, 0.05) is 28.0 Å². The molecule has 104 valence electrons. The van der Waals surface area contributed by atoms with Crippen LogP contribution in [0.25, 0.3) is 10.8 Å². The number of hydrogen-bond acceptors (Lipinski definition) is 2. The number of nitrogens with one attached hydrogen (secondary N) is 1. The van der Waals surface area contributed by atoms with E-state index in [1.54, 1.807) is 5.57 Å². The van der Waals surface area contributed by atoms with Gasteiger partial charge in [0.15, 0.2) is 0 Å². The fourth-order valence-electron chi connectivity index (χ4n) is 2.78. The molecule has 0 saturated heterocycles. The highest BCUT2D eigenvalue weighted by Crippen LogP contribution is 2.28. The van der Waals surface area contributed by atoms with E-state index in [0.717, 1.165) is 23.3 Å². The minimum atomic E-state index is 0.963. The number of aromatic nitrogens is 1. The number of benzene rings is 1. The van der Waals surface area contributed by atoms with Crippen LogP contribution in [-0.2, 0) is 0 Å². The second-order valence-corrected chi connectivity index (χ2v) is 6.13. The standard InChI is InChI=1S/C17H19BrN2/c18-16-8-4-7-15-14(16)10-12-20-17(15)19-11-9-13-5-2-1-3-6-13/h4-5,7-8,10,12H,1-3,6,9,11H2,(H,19,20). The van der Waals surface area contributed by atoms with Crippen molar-refractivity contribution in [3.63, 3.8) is 0 Å². The lowest BCUT2D eigenvalue weighted by Gasteiger charge is -2.14. The molecule has 1 aromatic heterocycles. The third-order valence-corrected chi connectivity index (χ3v) is 4.57. The predicted molar refractivity (Wildman–Crippen MR) is 89.1 cm³/mol. The first-order chi connectivity index (χ1) is 9.84. The Kier molecular flexibility index (Phi) is 4.36. The van der Waals surface area contributed by atoms with Gasteiger partial charge < -0.3 is 5.32 Å². The lowest BCUT2D eigenvalue weighted by Crippen LogP contribution is -2.06. The number of rotatable bonds is 4. The van der Waals surface area contributed by atoms with Crippen LogP contribution in [0.3, 0.4) is 0 Å². The average Bonchev–Trinajstić information content (AvgIpc) is 2.49. The highest BCUT2D eigenvalue weighted by molar-refractivity contribution is 9.10. The van der Waals surface area contributed by atoms with Gasteiger partial charge in [0.05, 0.1) is 0 Å². The van der Waals surface area contributed by atoms with Gasteiger partial charge in [-0.3, -0.25) is 0 Å². The Morgan fingerprint density at radius 3 is 2.95 bits per heavy atom. The average molecular weight is 331 g/mol. The van der Waals surface area contributed by atoms with Crippen LogP contribution < -0.4 is 5.32 Å². The first-order valence-corrected chi connectivity index (χ1v) is 8.09. The highest BCUT2D eigenvalue weighted by Gasteiger charge is 2.06. The van der Waals surface area contributed by atoms with Crippen molar-refractivity contribution in [2.24, 2.45) is 0 Å². The van der Waals surface area contributed by atoms with Gasteiger partial charge in [-0.15, -0.1) is 0 Å². The van der Waals surface area contributed by atoms with Crippen LogP contribution in [-0.4, -0.2) is 11.5 Å². The maximum Gasteiger partial charge on any atom is 0.133 e. The number of hydrogen-bond donors (Lipinski definition) is 1. The Labute approximate surface area is 128 Å². The summed E-state index contributed by atoms with van der Waals surface area (Å²) in [5, 5.41) is 5.88. The number of halogens is 1. The summed E-state index contributed by atoms with van der Waals surface area (Å²) < 4.78 is 1.12. The molecule has 0 spiro atoms. The molecule has 1 aliphatic rings. The van der Waals surface area contributed by atoms with E-state index in [1.165, 1.54) is 36.5 Å². The van der Waals surface area contributed by atoms with Crippen LogP contribution >= 0.6 is 15.9 Å². The molecule has 1 heterocycles. The van der Waals surface area contributed by atoms with E-state index in [2.05, 4.69) is 50.5 Å². The topological polar surface area (TPSA) is 24.9 Å². The lowest BCUT2D eigenvalue weighted by atomic mass is 9.97. The van der Waals surface area contributed by atoms with Crippen LogP contribution in [0.5, 0.6) is 0 Å². The third kappa shape index (κ3) is 3.04. The van der Waals surface area contributed by atoms with Crippen molar-refractivity contribution >= 4 is 32.5 Å². The first-order valence-electron chi connectivity index (χ1n) is 7.29. The monoisotopic (exact) mass is 330 g/mol. The fourth-order valence-corrected chi connectivity index (χ4v) is 3.28. The minimum absolute atomic E-state index is 0.963. The molecule has 0 unspecified atom stereocenters. The lowest BCUT2D eigenvalue weighted by molar-refractivity contribution is 0.679. The summed E-state index contributed by atoms with van der Waals surface area (Å²) in [6.45, 7) is 0.963. The molecule has 20 heavy (non-hydrogen) atoms. The van der Waals surface area contributed by atoms with E-state index < -0.39 is 0 Å². The van der Waals surface area contributed by atoms with E-state index in [0.29, 0.717) is 0 Å². The Hall–Kier alpha value is -1.35. The summed E-state index contributed by atoms with van der Waals surface area (Å²) in [5.74, 6) is 0.986. The predicted octanol–water partition coefficient (Wildman–Crippen LogP) is 5.30. The second-order valence-electron chi connectivity index (χ2n) is 5.28. The summed E-state index contributed by atoms with van der Waals surface area (Å²) in [4.78, 5) is 4.48. The Morgan fingerprint density at radius 1 is 1.15 bits per heavy atom. The van der Waals surface area contributed by atoms with Crippen molar-refractivity contribution in [2.75, 3.05) is 11.9 Å². The van der Waals surface area contributed by atoms with Gasteiger partial charge in [-0.2, -0.15) is 0 Å². The molecular weight excluding hydrogens is 312 g/mol. The van der Waals surface area contributed by atoms with Crippen LogP contribution in [0, 0.1) is 0 Å². The van der Waals surface area contributed by atoms with E-state index in [1.807, 2.05) is 12.3 Å². The van der Waals surface area contributed by atoms with Crippen molar-refractivity contribution in [1.29, 1.82) is 0 Å². The quantitative estimate of drug-likeness (QED) is 0.769. The number of fused-ring (bicyclic) bond motifs is 1. The van der Waals surface area contributed by atoms with E-state index >= 15 is 0 Å². The summed E-state index contributed by atoms with van der Waals surface area (Å²) in [6.07, 6.45) is 10.7. The molecule has 1 aromatic carbocycles. The fraction of sp³-hybridized carbons (Fsp3) is 0.353. The Balaban J connectivity index is 1.71. The van der Waals surface area contributed by atoms with Crippen LogP contribution in [0.1, 0.15) is 32.1 Å². The minimum Gasteiger partial charge on any atom is -0.369 e. The zero-order chi connectivity index (χ0) is 13.8. The number of nitrogens with zero attached hydrogens (tertiary/aromatic N) is 1. The molecule has 0 saturated carbocycles. The first kappa shape index (κ1) is 13.6. The molecule has 0 atom stereocenters. The Bertz CT molecular complexity index is 634.